The van der Waals surface area contributed by atoms with Crippen LogP contribution in [-0.2, 0) is 32.5 Å². The van der Waals surface area contributed by atoms with Gasteiger partial charge in [0, 0.05) is 62.5 Å². The predicted octanol–water partition coefficient (Wildman–Crippen LogP) is 4.38. The van der Waals surface area contributed by atoms with E-state index in [1.54, 1.807) is 37.2 Å². The third kappa shape index (κ3) is 5.95. The van der Waals surface area contributed by atoms with Crippen molar-refractivity contribution in [2.24, 2.45) is 0 Å². The first-order valence-electron chi connectivity index (χ1n) is 16.6. The smallest absolute Gasteiger partial charge is 0.318 e. The summed E-state index contributed by atoms with van der Waals surface area (Å²) < 4.78 is 23.3. The maximum atomic E-state index is 15.0. The Morgan fingerprint density at radius 1 is 1.06 bits per heavy atom. The fraction of sp³-hybridized carbons (Fsp3) is 0.486. The molecule has 0 unspecified atom stereocenters. The summed E-state index contributed by atoms with van der Waals surface area (Å²) in [6.07, 6.45) is 4.28. The number of hydrogen-bond acceptors (Lipinski definition) is 9. The van der Waals surface area contributed by atoms with Crippen LogP contribution in [0.5, 0.6) is 11.8 Å². The Balaban J connectivity index is 1.26. The Morgan fingerprint density at radius 2 is 1.91 bits per heavy atom. The van der Waals surface area contributed by atoms with Crippen LogP contribution in [-0.4, -0.2) is 94.0 Å². The number of aromatic hydroxyl groups is 1. The number of anilines is 2. The van der Waals surface area contributed by atoms with E-state index >= 15 is 4.39 Å². The zero-order chi connectivity index (χ0) is 32.8. The lowest BCUT2D eigenvalue weighted by Gasteiger charge is -2.34. The van der Waals surface area contributed by atoms with Gasteiger partial charge in [0.25, 0.3) is 5.91 Å². The fourth-order valence-corrected chi connectivity index (χ4v) is 7.33. The van der Waals surface area contributed by atoms with Crippen LogP contribution in [0.3, 0.4) is 0 Å². The van der Waals surface area contributed by atoms with Gasteiger partial charge in [0.2, 0.25) is 0 Å². The maximum Gasteiger partial charge on any atom is 0.318 e. The molecular formula is C35H43FN8O3. The number of ether oxygens (including phenoxy) is 1. The monoisotopic (exact) mass is 642 g/mol. The first kappa shape index (κ1) is 31.2. The summed E-state index contributed by atoms with van der Waals surface area (Å²) in [4.78, 5) is 31.1. The number of nitrogens with zero attached hydrogens (tertiary/aromatic N) is 8. The second-order valence-corrected chi connectivity index (χ2v) is 13.2. The number of phenolic OH excluding ortho intramolecular Hbond substituents is 1. The van der Waals surface area contributed by atoms with E-state index in [-0.39, 0.29) is 17.5 Å². The van der Waals surface area contributed by atoms with Crippen molar-refractivity contribution in [2.75, 3.05) is 57.2 Å². The van der Waals surface area contributed by atoms with Gasteiger partial charge in [-0.05, 0) is 74.8 Å². The third-order valence-electron chi connectivity index (χ3n) is 9.86. The van der Waals surface area contributed by atoms with Crippen molar-refractivity contribution >= 4 is 28.2 Å². The zero-order valence-corrected chi connectivity index (χ0v) is 27.7. The summed E-state index contributed by atoms with van der Waals surface area (Å²) in [6.45, 7) is 6.69. The van der Waals surface area contributed by atoms with Crippen LogP contribution in [0, 0.1) is 5.82 Å². The highest BCUT2D eigenvalue weighted by molar-refractivity contribution is 5.98. The molecule has 3 aliphatic rings. The first-order chi connectivity index (χ1) is 22.7. The summed E-state index contributed by atoms with van der Waals surface area (Å²) in [5.41, 5.74) is 4.78. The third-order valence-corrected chi connectivity index (χ3v) is 9.86. The SMILES string of the molecule is CCc1c(F)ccc2cc(O)cc(N3CCc4c(nc(OC[C@@H]5CCCN5C)nc4N4CCCn5nc(C(=O)N(C)C)cc5C4)C3)c12. The molecule has 2 aromatic carbocycles. The Kier molecular flexibility index (Phi) is 8.37. The van der Waals surface area contributed by atoms with E-state index < -0.39 is 0 Å². The number of likely N-dealkylation sites (tertiary alicyclic amines) is 1. The number of rotatable bonds is 7. The van der Waals surface area contributed by atoms with E-state index in [1.807, 2.05) is 17.7 Å². The first-order valence-corrected chi connectivity index (χ1v) is 16.6. The second-order valence-electron chi connectivity index (χ2n) is 13.2. The molecule has 47 heavy (non-hydrogen) atoms. The number of carbonyl (C=O) groups is 1. The summed E-state index contributed by atoms with van der Waals surface area (Å²) >= 11 is 0. The van der Waals surface area contributed by atoms with Gasteiger partial charge in [0.1, 0.15) is 24.0 Å². The second kappa shape index (κ2) is 12.6. The standard InChI is InChI=1S/C35H43FN8O3/c1-5-26-28(36)10-9-22-16-25(45)18-31(32(22)26)42-15-11-27-30(20-42)37-35(47-21-23-8-6-12-41(23)4)38-33(27)43-13-7-14-44-24(19-43)17-29(39-44)34(46)40(2)3/h9-10,16-18,23,45H,5-8,11-15,19-21H2,1-4H3/t23-/m0/s1. The molecule has 4 aromatic rings. The van der Waals surface area contributed by atoms with E-state index in [2.05, 4.69) is 26.8 Å². The van der Waals surface area contributed by atoms with Crippen LogP contribution in [0.4, 0.5) is 15.9 Å². The highest BCUT2D eigenvalue weighted by Gasteiger charge is 2.30. The van der Waals surface area contributed by atoms with Gasteiger partial charge < -0.3 is 29.4 Å². The van der Waals surface area contributed by atoms with E-state index in [0.717, 1.165) is 71.6 Å². The topological polar surface area (TPSA) is 103 Å². The molecule has 0 aliphatic carbocycles. The molecule has 12 heteroatoms. The summed E-state index contributed by atoms with van der Waals surface area (Å²) in [6, 6.07) is 9.21. The van der Waals surface area contributed by atoms with Gasteiger partial charge in [0.15, 0.2) is 5.69 Å². The van der Waals surface area contributed by atoms with Gasteiger partial charge in [0.05, 0.1) is 24.5 Å². The van der Waals surface area contributed by atoms with Crippen LogP contribution in [0.1, 0.15) is 59.2 Å². The van der Waals surface area contributed by atoms with Gasteiger partial charge in [-0.2, -0.15) is 15.1 Å². The van der Waals surface area contributed by atoms with Gasteiger partial charge in [-0.25, -0.2) is 4.39 Å². The zero-order valence-electron chi connectivity index (χ0n) is 27.7. The Labute approximate surface area is 274 Å². The molecule has 2 aromatic heterocycles. The fourth-order valence-electron chi connectivity index (χ4n) is 7.33. The van der Waals surface area contributed by atoms with Crippen molar-refractivity contribution in [3.05, 3.63) is 64.4 Å². The number of likely N-dealkylation sites (N-methyl/N-ethyl adjacent to an activating group) is 1. The number of aryl methyl sites for hydroxylation is 2. The minimum Gasteiger partial charge on any atom is -0.508 e. The van der Waals surface area contributed by atoms with Crippen LogP contribution in [0.15, 0.2) is 30.3 Å². The van der Waals surface area contributed by atoms with E-state index in [4.69, 9.17) is 14.7 Å². The lowest BCUT2D eigenvalue weighted by atomic mass is 9.97. The largest absolute Gasteiger partial charge is 0.508 e. The number of benzene rings is 2. The molecule has 7 rings (SSSR count). The van der Waals surface area contributed by atoms with Crippen molar-refractivity contribution in [1.82, 2.24) is 29.5 Å². The molecule has 3 aliphatic heterocycles. The molecule has 5 heterocycles. The summed E-state index contributed by atoms with van der Waals surface area (Å²) in [5.74, 6) is 0.640. The van der Waals surface area contributed by atoms with Gasteiger partial charge in [-0.15, -0.1) is 0 Å². The minimum absolute atomic E-state index is 0.116. The van der Waals surface area contributed by atoms with Crippen LogP contribution in [0.25, 0.3) is 10.8 Å². The molecule has 11 nitrogen and oxygen atoms in total. The highest BCUT2D eigenvalue weighted by atomic mass is 19.1. The average Bonchev–Trinajstić information content (AvgIpc) is 3.61. The van der Waals surface area contributed by atoms with Crippen molar-refractivity contribution in [3.63, 3.8) is 0 Å². The molecule has 1 amide bonds. The quantitative estimate of drug-likeness (QED) is 0.315. The van der Waals surface area contributed by atoms with Crippen molar-refractivity contribution in [1.29, 1.82) is 0 Å². The molecule has 0 spiro atoms. The average molecular weight is 643 g/mol. The van der Waals surface area contributed by atoms with E-state index in [0.29, 0.717) is 68.9 Å². The molecular weight excluding hydrogens is 599 g/mol. The summed E-state index contributed by atoms with van der Waals surface area (Å²) in [5, 5.41) is 17.0. The molecule has 1 atom stereocenters. The highest BCUT2D eigenvalue weighted by Crippen LogP contribution is 2.39. The van der Waals surface area contributed by atoms with Crippen molar-refractivity contribution in [3.8, 4) is 11.8 Å². The lowest BCUT2D eigenvalue weighted by Crippen LogP contribution is -2.35. The molecule has 1 saturated heterocycles. The molecule has 0 radical (unpaired) electrons. The number of carbonyl (C=O) groups excluding carboxylic acids is 1. The molecule has 0 saturated carbocycles. The summed E-state index contributed by atoms with van der Waals surface area (Å²) in [7, 11) is 5.60. The van der Waals surface area contributed by atoms with Gasteiger partial charge in [-0.3, -0.25) is 9.48 Å². The lowest BCUT2D eigenvalue weighted by molar-refractivity contribution is 0.0821. The Bertz CT molecular complexity index is 1820. The number of halogens is 1. The van der Waals surface area contributed by atoms with Gasteiger partial charge in [-0.1, -0.05) is 13.0 Å². The van der Waals surface area contributed by atoms with Crippen molar-refractivity contribution < 1.29 is 19.0 Å². The Morgan fingerprint density at radius 3 is 2.68 bits per heavy atom. The van der Waals surface area contributed by atoms with E-state index in [9.17, 15) is 9.90 Å². The van der Waals surface area contributed by atoms with Gasteiger partial charge >= 0.3 is 6.01 Å². The molecule has 0 bridgehead atoms. The number of hydrogen-bond donors (Lipinski definition) is 1. The normalized spacial score (nSPS) is 18.3. The van der Waals surface area contributed by atoms with Crippen LogP contribution >= 0.6 is 0 Å². The molecule has 248 valence electrons. The minimum atomic E-state index is -0.239. The predicted molar refractivity (Wildman–Crippen MR) is 179 cm³/mol. The van der Waals surface area contributed by atoms with Crippen LogP contribution < -0.4 is 14.5 Å². The molecule has 1 fully saturated rings. The molecule has 1 N–H and O–H groups in total. The Hall–Kier alpha value is -4.45. The number of amides is 1. The van der Waals surface area contributed by atoms with E-state index in [1.165, 1.54) is 6.07 Å². The number of fused-ring (bicyclic) bond motifs is 3. The van der Waals surface area contributed by atoms with Crippen molar-refractivity contribution in [2.45, 2.75) is 64.7 Å². The maximum absolute atomic E-state index is 15.0. The number of phenols is 1. The number of aromatic nitrogens is 4. The van der Waals surface area contributed by atoms with Crippen LogP contribution in [0.2, 0.25) is 0 Å².